The lowest BCUT2D eigenvalue weighted by Crippen LogP contribution is -2.35. The van der Waals surface area contributed by atoms with Crippen molar-refractivity contribution in [2.75, 3.05) is 19.8 Å². The first-order chi connectivity index (χ1) is 8.75. The largest absolute Gasteiger partial charge is 0.373 e. The van der Waals surface area contributed by atoms with Crippen LogP contribution in [0, 0.1) is 11.8 Å². The minimum atomic E-state index is -0.481. The van der Waals surface area contributed by atoms with Crippen LogP contribution < -0.4 is 5.32 Å². The lowest BCUT2D eigenvalue weighted by molar-refractivity contribution is -0.140. The molecular formula is C14H23NO3. The van der Waals surface area contributed by atoms with Gasteiger partial charge in [-0.2, -0.15) is 0 Å². The number of carbonyl (C=O) groups is 2. The van der Waals surface area contributed by atoms with Gasteiger partial charge in [0.25, 0.3) is 5.91 Å². The second-order valence-corrected chi connectivity index (χ2v) is 5.60. The van der Waals surface area contributed by atoms with Gasteiger partial charge in [-0.3, -0.25) is 9.59 Å². The van der Waals surface area contributed by atoms with Gasteiger partial charge >= 0.3 is 0 Å². The van der Waals surface area contributed by atoms with Crippen LogP contribution >= 0.6 is 0 Å². The Labute approximate surface area is 108 Å². The molecule has 2 rings (SSSR count). The van der Waals surface area contributed by atoms with Crippen LogP contribution in [0.1, 0.15) is 44.9 Å². The summed E-state index contributed by atoms with van der Waals surface area (Å²) in [6.45, 7) is 1.21. The zero-order valence-electron chi connectivity index (χ0n) is 11.0. The first-order valence-corrected chi connectivity index (χ1v) is 7.14. The molecule has 4 nitrogen and oxygen atoms in total. The van der Waals surface area contributed by atoms with Crippen LogP contribution in [0.4, 0.5) is 0 Å². The number of amides is 1. The van der Waals surface area contributed by atoms with E-state index in [-0.39, 0.29) is 6.61 Å². The molecule has 1 amide bonds. The third-order valence-corrected chi connectivity index (χ3v) is 3.81. The average Bonchev–Trinajstić information content (AvgIpc) is 3.21. The van der Waals surface area contributed by atoms with Gasteiger partial charge in [-0.05, 0) is 37.5 Å². The zero-order chi connectivity index (χ0) is 12.8. The fraction of sp³-hybridized carbons (Fsp3) is 0.857. The summed E-state index contributed by atoms with van der Waals surface area (Å²) in [5, 5.41) is 2.66. The molecule has 4 heteroatoms. The van der Waals surface area contributed by atoms with Crippen molar-refractivity contribution in [3.05, 3.63) is 0 Å². The Morgan fingerprint density at radius 2 is 1.72 bits per heavy atom. The van der Waals surface area contributed by atoms with E-state index in [0.29, 0.717) is 25.0 Å². The maximum atomic E-state index is 11.5. The Balaban J connectivity index is 1.53. The molecule has 0 atom stereocenters. The highest BCUT2D eigenvalue weighted by Crippen LogP contribution is 2.27. The van der Waals surface area contributed by atoms with Gasteiger partial charge < -0.3 is 10.1 Å². The predicted molar refractivity (Wildman–Crippen MR) is 68.1 cm³/mol. The summed E-state index contributed by atoms with van der Waals surface area (Å²) in [4.78, 5) is 22.9. The molecule has 0 radical (unpaired) electrons. The predicted octanol–water partition coefficient (Wildman–Crippen LogP) is 1.68. The van der Waals surface area contributed by atoms with Crippen molar-refractivity contribution in [3.63, 3.8) is 0 Å². The maximum absolute atomic E-state index is 11.5. The quantitative estimate of drug-likeness (QED) is 0.702. The van der Waals surface area contributed by atoms with Crippen LogP contribution in [0.25, 0.3) is 0 Å². The van der Waals surface area contributed by atoms with Gasteiger partial charge in [0, 0.05) is 6.54 Å². The Morgan fingerprint density at radius 1 is 1.00 bits per heavy atom. The number of ether oxygens (including phenoxy) is 1. The molecule has 0 spiro atoms. The SMILES string of the molecule is O=C(COCC1CCCCC1)C(=O)NCC1CC1. The fourth-order valence-electron chi connectivity index (χ4n) is 2.40. The van der Waals surface area contributed by atoms with Gasteiger partial charge in [-0.25, -0.2) is 0 Å². The van der Waals surface area contributed by atoms with Crippen LogP contribution in [-0.4, -0.2) is 31.4 Å². The summed E-state index contributed by atoms with van der Waals surface area (Å²) < 4.78 is 5.37. The Hall–Kier alpha value is -0.900. The number of carbonyl (C=O) groups excluding carboxylic acids is 2. The Kier molecular flexibility index (Phi) is 5.17. The highest BCUT2D eigenvalue weighted by atomic mass is 16.5. The Bertz CT molecular complexity index is 293. The molecule has 0 bridgehead atoms. The minimum absolute atomic E-state index is 0.0625. The summed E-state index contributed by atoms with van der Waals surface area (Å²) in [6, 6.07) is 0. The molecule has 1 N–H and O–H groups in total. The van der Waals surface area contributed by atoms with Crippen LogP contribution in [0.2, 0.25) is 0 Å². The van der Waals surface area contributed by atoms with E-state index in [1.807, 2.05) is 0 Å². The van der Waals surface area contributed by atoms with Gasteiger partial charge in [0.05, 0.1) is 6.61 Å². The molecule has 0 aliphatic heterocycles. The van der Waals surface area contributed by atoms with Crippen LogP contribution in [-0.2, 0) is 14.3 Å². The topological polar surface area (TPSA) is 55.4 Å². The standard InChI is InChI=1S/C14H23NO3/c16-13(14(17)15-8-11-6-7-11)10-18-9-12-4-2-1-3-5-12/h11-12H,1-10H2,(H,15,17). The number of rotatable bonds is 7. The number of Topliss-reactive ketones (excluding diaryl/α,β-unsaturated/α-hetero) is 1. The van der Waals surface area contributed by atoms with Crippen molar-refractivity contribution in [1.82, 2.24) is 5.32 Å². The fourth-order valence-corrected chi connectivity index (χ4v) is 2.40. The first-order valence-electron chi connectivity index (χ1n) is 7.14. The van der Waals surface area contributed by atoms with Crippen LogP contribution in [0.15, 0.2) is 0 Å². The van der Waals surface area contributed by atoms with Gasteiger partial charge in [-0.15, -0.1) is 0 Å². The molecule has 2 fully saturated rings. The summed E-state index contributed by atoms with van der Waals surface area (Å²) in [6.07, 6.45) is 8.59. The first kappa shape index (κ1) is 13.5. The molecule has 18 heavy (non-hydrogen) atoms. The highest BCUT2D eigenvalue weighted by Gasteiger charge is 2.23. The van der Waals surface area contributed by atoms with E-state index in [1.54, 1.807) is 0 Å². The summed E-state index contributed by atoms with van der Waals surface area (Å²) >= 11 is 0. The molecule has 0 aromatic rings. The number of hydrogen-bond acceptors (Lipinski definition) is 3. The van der Waals surface area contributed by atoms with E-state index < -0.39 is 11.7 Å². The molecule has 0 aromatic heterocycles. The van der Waals surface area contributed by atoms with Crippen LogP contribution in [0.3, 0.4) is 0 Å². The van der Waals surface area contributed by atoms with E-state index in [9.17, 15) is 9.59 Å². The van der Waals surface area contributed by atoms with Gasteiger partial charge in [0.15, 0.2) is 0 Å². The van der Waals surface area contributed by atoms with Gasteiger partial charge in [0.2, 0.25) is 5.78 Å². The van der Waals surface area contributed by atoms with E-state index >= 15 is 0 Å². The van der Waals surface area contributed by atoms with Crippen molar-refractivity contribution in [1.29, 1.82) is 0 Å². The average molecular weight is 253 g/mol. The van der Waals surface area contributed by atoms with E-state index in [4.69, 9.17) is 4.74 Å². The molecule has 102 valence electrons. The maximum Gasteiger partial charge on any atom is 0.289 e. The van der Waals surface area contributed by atoms with Crippen molar-refractivity contribution in [2.24, 2.45) is 11.8 Å². The van der Waals surface area contributed by atoms with Crippen molar-refractivity contribution >= 4 is 11.7 Å². The molecule has 0 unspecified atom stereocenters. The number of nitrogens with one attached hydrogen (secondary N) is 1. The van der Waals surface area contributed by atoms with Gasteiger partial charge in [-0.1, -0.05) is 19.3 Å². The summed E-state index contributed by atoms with van der Waals surface area (Å²) in [5.74, 6) is 0.267. The van der Waals surface area contributed by atoms with Crippen molar-refractivity contribution in [3.8, 4) is 0 Å². The van der Waals surface area contributed by atoms with E-state index in [2.05, 4.69) is 5.32 Å². The highest BCUT2D eigenvalue weighted by molar-refractivity contribution is 6.36. The number of ketones is 1. The molecule has 0 aromatic carbocycles. The van der Waals surface area contributed by atoms with E-state index in [1.165, 1.54) is 44.9 Å². The zero-order valence-corrected chi connectivity index (χ0v) is 11.0. The molecule has 2 aliphatic rings. The number of hydrogen-bond donors (Lipinski definition) is 1. The summed E-state index contributed by atoms with van der Waals surface area (Å²) in [5.41, 5.74) is 0. The minimum Gasteiger partial charge on any atom is -0.373 e. The van der Waals surface area contributed by atoms with Crippen molar-refractivity contribution < 1.29 is 14.3 Å². The molecule has 0 saturated heterocycles. The lowest BCUT2D eigenvalue weighted by Gasteiger charge is -2.20. The molecule has 2 saturated carbocycles. The third-order valence-electron chi connectivity index (χ3n) is 3.81. The van der Waals surface area contributed by atoms with Crippen LogP contribution in [0.5, 0.6) is 0 Å². The lowest BCUT2D eigenvalue weighted by atomic mass is 9.90. The molecule has 0 heterocycles. The normalized spacial score (nSPS) is 20.7. The second kappa shape index (κ2) is 6.88. The Morgan fingerprint density at radius 3 is 2.39 bits per heavy atom. The van der Waals surface area contributed by atoms with Gasteiger partial charge in [0.1, 0.15) is 6.61 Å². The smallest absolute Gasteiger partial charge is 0.289 e. The summed E-state index contributed by atoms with van der Waals surface area (Å²) in [7, 11) is 0. The second-order valence-electron chi connectivity index (χ2n) is 5.60. The monoisotopic (exact) mass is 253 g/mol. The molecular weight excluding hydrogens is 230 g/mol. The molecule has 2 aliphatic carbocycles. The van der Waals surface area contributed by atoms with E-state index in [0.717, 1.165) is 0 Å². The third kappa shape index (κ3) is 4.77. The van der Waals surface area contributed by atoms with Crippen molar-refractivity contribution in [2.45, 2.75) is 44.9 Å².